The van der Waals surface area contributed by atoms with Gasteiger partial charge in [-0.15, -0.1) is 0 Å². The molecule has 0 saturated heterocycles. The molecule has 0 aromatic carbocycles. The Morgan fingerprint density at radius 1 is 1.62 bits per heavy atom. The largest absolute Gasteiger partial charge is 0.466 e. The topological polar surface area (TPSA) is 26.3 Å². The summed E-state index contributed by atoms with van der Waals surface area (Å²) < 4.78 is 7.13. The number of hydrogen-bond acceptors (Lipinski definition) is 2. The van der Waals surface area contributed by atoms with Crippen LogP contribution >= 0.6 is 22.6 Å². The summed E-state index contributed by atoms with van der Waals surface area (Å²) in [5, 5.41) is 0. The van der Waals surface area contributed by atoms with E-state index in [1.807, 2.05) is 6.92 Å². The maximum absolute atomic E-state index is 11.3. The maximum atomic E-state index is 11.3. The molecule has 1 aliphatic carbocycles. The van der Waals surface area contributed by atoms with Crippen LogP contribution in [-0.4, -0.2) is 12.6 Å². The number of carbonyl (C=O) groups is 1. The Labute approximate surface area is 92.9 Å². The van der Waals surface area contributed by atoms with Crippen LogP contribution in [0.25, 0.3) is 0 Å². The molecule has 13 heavy (non-hydrogen) atoms. The van der Waals surface area contributed by atoms with Crippen molar-refractivity contribution in [3.63, 3.8) is 0 Å². The van der Waals surface area contributed by atoms with E-state index in [2.05, 4.69) is 26.7 Å². The number of esters is 1. The van der Waals surface area contributed by atoms with Crippen molar-refractivity contribution in [2.45, 2.75) is 32.6 Å². The molecule has 0 spiro atoms. The Hall–Kier alpha value is -0.0600. The zero-order chi connectivity index (χ0) is 9.68. The quantitative estimate of drug-likeness (QED) is 0.578. The first-order valence-electron chi connectivity index (χ1n) is 4.72. The fourth-order valence-electron chi connectivity index (χ4n) is 1.59. The Morgan fingerprint density at radius 2 is 2.23 bits per heavy atom. The highest BCUT2D eigenvalue weighted by atomic mass is 127. The lowest BCUT2D eigenvalue weighted by Crippen LogP contribution is -2.20. The van der Waals surface area contributed by atoms with Gasteiger partial charge in [-0.25, -0.2) is 0 Å². The molecule has 0 aliphatic heterocycles. The van der Waals surface area contributed by atoms with Gasteiger partial charge >= 0.3 is 5.97 Å². The monoisotopic (exact) mass is 294 g/mol. The van der Waals surface area contributed by atoms with E-state index >= 15 is 0 Å². The molecule has 0 aromatic rings. The summed E-state index contributed by atoms with van der Waals surface area (Å²) in [6.45, 7) is 2.36. The van der Waals surface area contributed by atoms with Gasteiger partial charge in [0.05, 0.1) is 12.5 Å². The predicted octanol–water partition coefficient (Wildman–Crippen LogP) is 3.06. The van der Waals surface area contributed by atoms with Gasteiger partial charge in [-0.1, -0.05) is 28.2 Å². The van der Waals surface area contributed by atoms with Crippen molar-refractivity contribution in [2.24, 2.45) is 5.92 Å². The normalized spacial score (nSPS) is 22.6. The lowest BCUT2D eigenvalue weighted by atomic mass is 9.87. The minimum Gasteiger partial charge on any atom is -0.466 e. The molecular formula is C10H15IO2. The molecule has 0 heterocycles. The number of allylic oxidation sites excluding steroid dienone is 1. The van der Waals surface area contributed by atoms with Crippen LogP contribution in [0.1, 0.15) is 32.6 Å². The summed E-state index contributed by atoms with van der Waals surface area (Å²) in [4.78, 5) is 11.3. The Balaban J connectivity index is 2.36. The molecule has 1 rings (SSSR count). The standard InChI is InChI=1S/C10H15IO2/c1-2-13-10(12)9-5-3-8(7-11)4-6-9/h7,9H,2-6H2,1H3. The zero-order valence-corrected chi connectivity index (χ0v) is 10.0. The van der Waals surface area contributed by atoms with Crippen LogP contribution in [0, 0.1) is 5.92 Å². The lowest BCUT2D eigenvalue weighted by Gasteiger charge is -2.21. The highest BCUT2D eigenvalue weighted by molar-refractivity contribution is 14.1. The third-order valence-electron chi connectivity index (χ3n) is 2.40. The molecule has 0 bridgehead atoms. The van der Waals surface area contributed by atoms with Crippen molar-refractivity contribution in [2.75, 3.05) is 6.61 Å². The first kappa shape index (κ1) is 11.0. The molecule has 1 saturated carbocycles. The van der Waals surface area contributed by atoms with Gasteiger partial charge in [0.2, 0.25) is 0 Å². The van der Waals surface area contributed by atoms with Gasteiger partial charge in [0.1, 0.15) is 0 Å². The molecule has 0 atom stereocenters. The Morgan fingerprint density at radius 3 is 2.69 bits per heavy atom. The average Bonchev–Trinajstić information content (AvgIpc) is 2.18. The van der Waals surface area contributed by atoms with E-state index in [1.54, 1.807) is 0 Å². The van der Waals surface area contributed by atoms with E-state index in [0.717, 1.165) is 25.7 Å². The molecule has 2 nitrogen and oxygen atoms in total. The van der Waals surface area contributed by atoms with Gasteiger partial charge in [-0.2, -0.15) is 0 Å². The molecule has 0 unspecified atom stereocenters. The van der Waals surface area contributed by atoms with Crippen molar-refractivity contribution < 1.29 is 9.53 Å². The minimum atomic E-state index is -0.00462. The van der Waals surface area contributed by atoms with Crippen molar-refractivity contribution in [3.8, 4) is 0 Å². The Bertz CT molecular complexity index is 201. The van der Waals surface area contributed by atoms with E-state index in [4.69, 9.17) is 4.74 Å². The highest BCUT2D eigenvalue weighted by Crippen LogP contribution is 2.29. The molecule has 1 aliphatic rings. The summed E-state index contributed by atoms with van der Waals surface area (Å²) in [5.74, 6) is 0.148. The van der Waals surface area contributed by atoms with Gasteiger partial charge in [0, 0.05) is 0 Å². The molecule has 74 valence electrons. The maximum Gasteiger partial charge on any atom is 0.308 e. The molecule has 0 radical (unpaired) electrons. The van der Waals surface area contributed by atoms with Crippen molar-refractivity contribution in [3.05, 3.63) is 9.66 Å². The molecule has 0 aromatic heterocycles. The zero-order valence-electron chi connectivity index (χ0n) is 7.88. The van der Waals surface area contributed by atoms with Crippen LogP contribution in [0.2, 0.25) is 0 Å². The number of ether oxygens (including phenoxy) is 1. The van der Waals surface area contributed by atoms with Crippen molar-refractivity contribution in [1.82, 2.24) is 0 Å². The number of carbonyl (C=O) groups excluding carboxylic acids is 1. The van der Waals surface area contributed by atoms with E-state index in [-0.39, 0.29) is 11.9 Å². The van der Waals surface area contributed by atoms with Crippen LogP contribution in [0.3, 0.4) is 0 Å². The summed E-state index contributed by atoms with van der Waals surface area (Å²) in [6.07, 6.45) is 4.06. The van der Waals surface area contributed by atoms with Crippen molar-refractivity contribution >= 4 is 28.6 Å². The molecular weight excluding hydrogens is 279 g/mol. The molecule has 3 heteroatoms. The fraction of sp³-hybridized carbons (Fsp3) is 0.700. The third kappa shape index (κ3) is 3.29. The van der Waals surface area contributed by atoms with Crippen molar-refractivity contribution in [1.29, 1.82) is 0 Å². The van der Waals surface area contributed by atoms with Crippen LogP contribution in [0.15, 0.2) is 9.66 Å². The van der Waals surface area contributed by atoms with Gasteiger partial charge in [0.25, 0.3) is 0 Å². The van der Waals surface area contributed by atoms with Gasteiger partial charge in [0.15, 0.2) is 0 Å². The van der Waals surface area contributed by atoms with E-state index < -0.39 is 0 Å². The summed E-state index contributed by atoms with van der Waals surface area (Å²) >= 11 is 2.27. The van der Waals surface area contributed by atoms with Gasteiger partial charge in [-0.05, 0) is 36.7 Å². The summed E-state index contributed by atoms with van der Waals surface area (Å²) in [6, 6.07) is 0. The predicted molar refractivity (Wildman–Crippen MR) is 60.7 cm³/mol. The molecule has 0 amide bonds. The van der Waals surface area contributed by atoms with Crippen LogP contribution in [-0.2, 0) is 9.53 Å². The highest BCUT2D eigenvalue weighted by Gasteiger charge is 2.23. The fourth-order valence-corrected chi connectivity index (χ4v) is 2.22. The number of hydrogen-bond donors (Lipinski definition) is 0. The second-order valence-corrected chi connectivity index (χ2v) is 3.92. The third-order valence-corrected chi connectivity index (χ3v) is 3.28. The van der Waals surface area contributed by atoms with E-state index in [9.17, 15) is 4.79 Å². The minimum absolute atomic E-state index is 0.00462. The van der Waals surface area contributed by atoms with Gasteiger partial charge < -0.3 is 4.74 Å². The second-order valence-electron chi connectivity index (χ2n) is 3.29. The Kier molecular flexibility index (Phi) is 4.77. The van der Waals surface area contributed by atoms with E-state index in [0.29, 0.717) is 6.61 Å². The van der Waals surface area contributed by atoms with Crippen LogP contribution < -0.4 is 0 Å². The van der Waals surface area contributed by atoms with Gasteiger partial charge in [-0.3, -0.25) is 4.79 Å². The SMILES string of the molecule is CCOC(=O)C1CCC(=CI)CC1. The van der Waals surface area contributed by atoms with E-state index in [1.165, 1.54) is 5.57 Å². The molecule has 1 fully saturated rings. The first-order chi connectivity index (χ1) is 6.27. The lowest BCUT2D eigenvalue weighted by molar-refractivity contribution is -0.148. The summed E-state index contributed by atoms with van der Waals surface area (Å²) in [7, 11) is 0. The number of rotatable bonds is 2. The van der Waals surface area contributed by atoms with Crippen LogP contribution in [0.5, 0.6) is 0 Å². The van der Waals surface area contributed by atoms with Crippen LogP contribution in [0.4, 0.5) is 0 Å². The number of halogens is 1. The average molecular weight is 294 g/mol. The smallest absolute Gasteiger partial charge is 0.308 e. The molecule has 0 N–H and O–H groups in total. The summed E-state index contributed by atoms with van der Waals surface area (Å²) in [5.41, 5.74) is 1.47. The second kappa shape index (κ2) is 5.62. The first-order valence-corrected chi connectivity index (χ1v) is 5.97.